The predicted molar refractivity (Wildman–Crippen MR) is 130 cm³/mol. The maximum atomic E-state index is 12.1. The zero-order valence-electron chi connectivity index (χ0n) is 21.0. The zero-order valence-corrected chi connectivity index (χ0v) is 28.2. The fourth-order valence-electron chi connectivity index (χ4n) is 2.70. The summed E-state index contributed by atoms with van der Waals surface area (Å²) in [6, 6.07) is 9.04. The maximum Gasteiger partial charge on any atom is 1.00 e. The summed E-state index contributed by atoms with van der Waals surface area (Å²) >= 11 is 7.15. The molecule has 0 heterocycles. The predicted octanol–water partition coefficient (Wildman–Crippen LogP) is -2.90. The van der Waals surface area contributed by atoms with Crippen molar-refractivity contribution in [3.05, 3.63) is 53.4 Å². The molecule has 20 heteroatoms. The van der Waals surface area contributed by atoms with E-state index in [4.69, 9.17) is 24.7 Å². The number of azo groups is 1. The van der Waals surface area contributed by atoms with Crippen LogP contribution in [0.2, 0.25) is 5.02 Å². The molecule has 0 aromatic heterocycles. The minimum absolute atomic E-state index is 0. The number of halogens is 1. The number of nitrogens with zero attached hydrogens (tertiary/aromatic N) is 3. The third-order valence-electron chi connectivity index (χ3n) is 4.36. The van der Waals surface area contributed by atoms with Crippen molar-refractivity contribution in [1.82, 2.24) is 0 Å². The molecule has 0 spiro atoms. The second-order valence-electron chi connectivity index (χ2n) is 6.42. The molecule has 0 atom stereocenters. The smallest absolute Gasteiger partial charge is 0.691 e. The first-order chi connectivity index (χ1) is 17.9. The van der Waals surface area contributed by atoms with E-state index in [1.807, 2.05) is 0 Å². The summed E-state index contributed by atoms with van der Waals surface area (Å²) in [6.07, 6.45) is 0. The summed E-state index contributed by atoms with van der Waals surface area (Å²) in [5.74, 6) is 0.305. The number of methoxy groups -OCH3 is 1. The molecular weight excluding hydrogens is 624 g/mol. The van der Waals surface area contributed by atoms with Gasteiger partial charge in [0.2, 0.25) is 0 Å². The molecule has 0 radical (unpaired) electrons. The van der Waals surface area contributed by atoms with Gasteiger partial charge in [0.05, 0.1) is 30.2 Å². The normalized spacial score (nSPS) is 11.1. The maximum absolute atomic E-state index is 12.1. The second kappa shape index (κ2) is 21.7. The van der Waals surface area contributed by atoms with Crippen molar-refractivity contribution in [3.8, 4) is 5.75 Å². The number of benzene rings is 2. The first kappa shape index (κ1) is 39.0. The monoisotopic (exact) mass is 643 g/mol. The van der Waals surface area contributed by atoms with Crippen LogP contribution in [0, 0.1) is 0 Å². The molecule has 0 aliphatic rings. The van der Waals surface area contributed by atoms with Gasteiger partial charge < -0.3 is 20.2 Å². The Hall–Kier alpha value is 0.000000000000000444. The molecule has 2 aromatic rings. The van der Waals surface area contributed by atoms with Crippen LogP contribution in [0.5, 0.6) is 5.75 Å². The molecule has 0 aliphatic heterocycles. The van der Waals surface area contributed by atoms with Crippen LogP contribution < -0.4 is 79.3 Å². The Morgan fingerprint density at radius 2 is 1.56 bits per heavy atom. The van der Waals surface area contributed by atoms with Gasteiger partial charge in [0.1, 0.15) is 17.1 Å². The van der Waals surface area contributed by atoms with Crippen LogP contribution >= 0.6 is 36.2 Å². The van der Waals surface area contributed by atoms with Crippen molar-refractivity contribution in [3.63, 3.8) is 0 Å². The molecule has 0 fully saturated rings. The van der Waals surface area contributed by atoms with Crippen LogP contribution in [0.15, 0.2) is 63.5 Å². The SMILES string of the molecule is C=CS(=O)(=O)c1ccc(OC)c(N=Nc2ccc(N(CCOSOO[O-])CCOSOO[O-])cc2Cl)c1.[Na+].[Na+]. The Balaban J connectivity index is 0.00000722. The fourth-order valence-corrected chi connectivity index (χ4v) is 4.05. The molecule has 0 N–H and O–H groups in total. The van der Waals surface area contributed by atoms with Crippen molar-refractivity contribution in [1.29, 1.82) is 0 Å². The van der Waals surface area contributed by atoms with Crippen LogP contribution in [0.3, 0.4) is 0 Å². The minimum atomic E-state index is -3.69. The van der Waals surface area contributed by atoms with Gasteiger partial charge in [-0.15, -0.1) is 18.9 Å². The molecule has 0 unspecified atom stereocenters. The molecule has 2 rings (SSSR count). The Morgan fingerprint density at radius 3 is 2.08 bits per heavy atom. The molecule has 0 amide bonds. The van der Waals surface area contributed by atoms with E-state index in [1.165, 1.54) is 25.3 Å². The Labute approximate surface area is 282 Å². The van der Waals surface area contributed by atoms with E-state index in [1.54, 1.807) is 23.1 Å². The molecule has 2 aromatic carbocycles. The summed E-state index contributed by atoms with van der Waals surface area (Å²) in [5.41, 5.74) is 1.11. The average Bonchev–Trinajstić information content (AvgIpc) is 2.90. The largest absolute Gasteiger partial charge is 1.00 e. The molecule has 39 heavy (non-hydrogen) atoms. The van der Waals surface area contributed by atoms with Crippen LogP contribution in [-0.2, 0) is 36.9 Å². The van der Waals surface area contributed by atoms with Gasteiger partial charge in [-0.25, -0.2) is 8.42 Å². The van der Waals surface area contributed by atoms with E-state index in [0.717, 1.165) is 5.41 Å². The number of ether oxygens (including phenoxy) is 1. The quantitative estimate of drug-likeness (QED) is 0.0404. The van der Waals surface area contributed by atoms with Crippen molar-refractivity contribution >= 4 is 63.1 Å². The van der Waals surface area contributed by atoms with E-state index in [2.05, 4.69) is 35.6 Å². The minimum Gasteiger partial charge on any atom is -0.691 e. The summed E-state index contributed by atoms with van der Waals surface area (Å²) in [7, 11) is -2.27. The van der Waals surface area contributed by atoms with E-state index >= 15 is 0 Å². The second-order valence-corrected chi connectivity index (χ2v) is 9.74. The summed E-state index contributed by atoms with van der Waals surface area (Å²) in [4.78, 5) is 1.78. The van der Waals surface area contributed by atoms with E-state index < -0.39 is 9.84 Å². The average molecular weight is 644 g/mol. The number of hydrogen-bond donors (Lipinski definition) is 0. The van der Waals surface area contributed by atoms with E-state index in [-0.39, 0.29) is 87.9 Å². The molecule has 14 nitrogen and oxygen atoms in total. The van der Waals surface area contributed by atoms with Gasteiger partial charge in [0, 0.05) is 24.2 Å². The van der Waals surface area contributed by atoms with E-state index in [0.29, 0.717) is 54.9 Å². The molecular formula is C19H20ClN3Na2O11S3. The topological polar surface area (TPSA) is 173 Å². The summed E-state index contributed by atoms with van der Waals surface area (Å²) < 4.78 is 47.6. The fraction of sp³-hybridized carbons (Fsp3) is 0.263. The third-order valence-corrected chi connectivity index (χ3v) is 6.76. The first-order valence-electron chi connectivity index (χ1n) is 9.87. The molecule has 0 saturated heterocycles. The summed E-state index contributed by atoms with van der Waals surface area (Å²) in [5, 5.41) is 35.3. The Bertz CT molecular complexity index is 1140. The first-order valence-corrected chi connectivity index (χ1v) is 13.1. The van der Waals surface area contributed by atoms with Gasteiger partial charge >= 0.3 is 59.1 Å². The van der Waals surface area contributed by atoms with Crippen LogP contribution in [-0.4, -0.2) is 41.8 Å². The van der Waals surface area contributed by atoms with Gasteiger partial charge in [-0.05, 0) is 36.4 Å². The molecule has 0 aliphatic carbocycles. The van der Waals surface area contributed by atoms with Gasteiger partial charge in [-0.1, -0.05) is 18.2 Å². The van der Waals surface area contributed by atoms with Gasteiger partial charge in [0.15, 0.2) is 34.5 Å². The standard InChI is InChI=1S/C19H22ClN3O11S3.2Na/c1-3-37(26,27)15-5-7-19(28-2)18(13-15)22-21-17-6-4-14(12-16(17)20)23(8-10-29-35-33-31-24)9-11-30-36-34-32-25;;/h3-7,12-13,24-25H,1,8-11H2,2H3;;/q;2*+1/p-2. The van der Waals surface area contributed by atoms with Crippen molar-refractivity contribution in [2.24, 2.45) is 10.2 Å². The van der Waals surface area contributed by atoms with Crippen LogP contribution in [0.1, 0.15) is 0 Å². The van der Waals surface area contributed by atoms with Crippen LogP contribution in [0.4, 0.5) is 17.1 Å². The van der Waals surface area contributed by atoms with Gasteiger partial charge in [0.25, 0.3) is 0 Å². The zero-order chi connectivity index (χ0) is 27.1. The molecule has 204 valence electrons. The number of sulfone groups is 1. The number of rotatable bonds is 18. The van der Waals surface area contributed by atoms with Crippen LogP contribution in [0.25, 0.3) is 0 Å². The Kier molecular flexibility index (Phi) is 21.7. The van der Waals surface area contributed by atoms with Gasteiger partial charge in [-0.2, -0.15) is 0 Å². The summed E-state index contributed by atoms with van der Waals surface area (Å²) in [6.45, 7) is 4.15. The van der Waals surface area contributed by atoms with Crippen molar-refractivity contribution in [2.75, 3.05) is 38.3 Å². The Morgan fingerprint density at radius 1 is 0.974 bits per heavy atom. The third kappa shape index (κ3) is 13.7. The van der Waals surface area contributed by atoms with E-state index in [9.17, 15) is 18.9 Å². The van der Waals surface area contributed by atoms with Crippen molar-refractivity contribution in [2.45, 2.75) is 4.90 Å². The molecule has 0 bridgehead atoms. The van der Waals surface area contributed by atoms with Gasteiger partial charge in [-0.3, -0.25) is 18.4 Å². The number of anilines is 1. The van der Waals surface area contributed by atoms with Crippen molar-refractivity contribution < 1.29 is 110 Å². The number of hydrogen-bond acceptors (Lipinski definition) is 16. The molecule has 0 saturated carbocycles.